The van der Waals surface area contributed by atoms with E-state index in [9.17, 15) is 10.1 Å². The van der Waals surface area contributed by atoms with Crippen LogP contribution in [0, 0.1) is 11.3 Å². The van der Waals surface area contributed by atoms with Gasteiger partial charge in [-0.15, -0.1) is 0 Å². The lowest BCUT2D eigenvalue weighted by atomic mass is 10.1. The quantitative estimate of drug-likeness (QED) is 0.330. The Morgan fingerprint density at radius 3 is 2.44 bits per heavy atom. The van der Waals surface area contributed by atoms with Crippen LogP contribution in [0.4, 0.5) is 5.69 Å². The summed E-state index contributed by atoms with van der Waals surface area (Å²) in [5.41, 5.74) is 5.32. The smallest absolute Gasteiger partial charge is 0.224 e. The van der Waals surface area contributed by atoms with Crippen LogP contribution in [0.15, 0.2) is 72.8 Å². The monoisotopic (exact) mass is 451 g/mol. The number of hydrogen-bond donors (Lipinski definition) is 1. The SMILES string of the molecule is CCn1c(-c2ccc(NC(=O)CCc3ccccc3)cc2)c(C#N)c2ccc(OC(C)C)cc21. The van der Waals surface area contributed by atoms with Crippen LogP contribution in [0.25, 0.3) is 22.2 Å². The number of rotatable bonds is 8. The third kappa shape index (κ3) is 4.97. The number of fused-ring (bicyclic) bond motifs is 1. The number of carbonyl (C=O) groups excluding carboxylic acids is 1. The average Bonchev–Trinajstić information content (AvgIpc) is 3.16. The van der Waals surface area contributed by atoms with Gasteiger partial charge in [-0.25, -0.2) is 0 Å². The first-order valence-corrected chi connectivity index (χ1v) is 11.7. The molecule has 0 saturated carbocycles. The van der Waals surface area contributed by atoms with Gasteiger partial charge < -0.3 is 14.6 Å². The number of nitrogens with one attached hydrogen (secondary N) is 1. The Balaban J connectivity index is 1.58. The summed E-state index contributed by atoms with van der Waals surface area (Å²) in [6, 6.07) is 26.0. The van der Waals surface area contributed by atoms with Crippen LogP contribution >= 0.6 is 0 Å². The van der Waals surface area contributed by atoms with Crippen molar-refractivity contribution in [1.29, 1.82) is 5.26 Å². The van der Waals surface area contributed by atoms with Crippen LogP contribution < -0.4 is 10.1 Å². The van der Waals surface area contributed by atoms with E-state index in [0.29, 0.717) is 18.4 Å². The van der Waals surface area contributed by atoms with E-state index in [1.165, 1.54) is 0 Å². The molecule has 4 aromatic rings. The zero-order chi connectivity index (χ0) is 24.1. The number of hydrogen-bond acceptors (Lipinski definition) is 3. The largest absolute Gasteiger partial charge is 0.491 e. The van der Waals surface area contributed by atoms with Gasteiger partial charge in [0.05, 0.1) is 22.9 Å². The van der Waals surface area contributed by atoms with Crippen LogP contribution in [-0.2, 0) is 17.8 Å². The van der Waals surface area contributed by atoms with Crippen LogP contribution in [0.1, 0.15) is 38.3 Å². The van der Waals surface area contributed by atoms with Crippen LogP contribution in [-0.4, -0.2) is 16.6 Å². The molecule has 5 heteroatoms. The van der Waals surface area contributed by atoms with Gasteiger partial charge in [0.1, 0.15) is 11.8 Å². The van der Waals surface area contributed by atoms with Crippen molar-refractivity contribution in [2.45, 2.75) is 46.3 Å². The first-order chi connectivity index (χ1) is 16.5. The van der Waals surface area contributed by atoms with E-state index >= 15 is 0 Å². The highest BCUT2D eigenvalue weighted by Crippen LogP contribution is 2.36. The summed E-state index contributed by atoms with van der Waals surface area (Å²) in [6.07, 6.45) is 1.21. The molecule has 1 aromatic heterocycles. The number of anilines is 1. The van der Waals surface area contributed by atoms with Gasteiger partial charge in [0, 0.05) is 30.1 Å². The van der Waals surface area contributed by atoms with Gasteiger partial charge in [0.2, 0.25) is 5.91 Å². The lowest BCUT2D eigenvalue weighted by Crippen LogP contribution is -2.12. The van der Waals surface area contributed by atoms with Crippen molar-refractivity contribution >= 4 is 22.5 Å². The van der Waals surface area contributed by atoms with E-state index in [0.717, 1.165) is 45.7 Å². The van der Waals surface area contributed by atoms with Crippen molar-refractivity contribution in [1.82, 2.24) is 4.57 Å². The molecule has 0 aliphatic rings. The molecule has 0 spiro atoms. The maximum atomic E-state index is 12.4. The normalized spacial score (nSPS) is 10.9. The van der Waals surface area contributed by atoms with Gasteiger partial charge in [-0.1, -0.05) is 42.5 Å². The number of aromatic nitrogens is 1. The van der Waals surface area contributed by atoms with Gasteiger partial charge in [0.15, 0.2) is 0 Å². The van der Waals surface area contributed by atoms with E-state index in [1.807, 2.05) is 86.6 Å². The predicted molar refractivity (Wildman–Crippen MR) is 137 cm³/mol. The van der Waals surface area contributed by atoms with E-state index in [4.69, 9.17) is 4.74 Å². The number of nitrogens with zero attached hydrogens (tertiary/aromatic N) is 2. The second-order valence-corrected chi connectivity index (χ2v) is 8.54. The standard InChI is InChI=1S/C29H29N3O2/c1-4-32-27-18-24(34-20(2)3)15-16-25(27)26(19-30)29(32)22-11-13-23(14-12-22)31-28(33)17-10-21-8-6-5-7-9-21/h5-9,11-16,18,20H,4,10,17H2,1-3H3,(H,31,33). The Morgan fingerprint density at radius 1 is 1.06 bits per heavy atom. The van der Waals surface area contributed by atoms with Gasteiger partial charge in [-0.05, 0) is 62.6 Å². The third-order valence-electron chi connectivity index (χ3n) is 5.76. The number of ether oxygens (including phenoxy) is 1. The minimum atomic E-state index is -0.0188. The highest BCUT2D eigenvalue weighted by atomic mass is 16.5. The number of amides is 1. The molecular formula is C29H29N3O2. The average molecular weight is 452 g/mol. The summed E-state index contributed by atoms with van der Waals surface area (Å²) < 4.78 is 8.02. The molecule has 0 aliphatic carbocycles. The molecule has 0 saturated heterocycles. The number of aryl methyl sites for hydroxylation is 2. The summed E-state index contributed by atoms with van der Waals surface area (Å²) >= 11 is 0. The topological polar surface area (TPSA) is 67.0 Å². The Kier molecular flexibility index (Phi) is 6.98. The number of carbonyl (C=O) groups is 1. The number of benzene rings is 3. The first-order valence-electron chi connectivity index (χ1n) is 11.7. The molecule has 0 bridgehead atoms. The molecule has 0 radical (unpaired) electrons. The second-order valence-electron chi connectivity index (χ2n) is 8.54. The molecule has 34 heavy (non-hydrogen) atoms. The van der Waals surface area contributed by atoms with E-state index in [1.54, 1.807) is 0 Å². The van der Waals surface area contributed by atoms with Gasteiger partial charge in [0.25, 0.3) is 0 Å². The Bertz CT molecular complexity index is 1330. The van der Waals surface area contributed by atoms with Crippen molar-refractivity contribution in [3.63, 3.8) is 0 Å². The van der Waals surface area contributed by atoms with Gasteiger partial charge >= 0.3 is 0 Å². The Morgan fingerprint density at radius 2 is 1.79 bits per heavy atom. The van der Waals surface area contributed by atoms with Gasteiger partial charge in [-0.2, -0.15) is 5.26 Å². The van der Waals surface area contributed by atoms with Crippen molar-refractivity contribution in [3.8, 4) is 23.1 Å². The van der Waals surface area contributed by atoms with E-state index in [-0.39, 0.29) is 12.0 Å². The molecule has 1 heterocycles. The fourth-order valence-electron chi connectivity index (χ4n) is 4.25. The number of nitriles is 1. The van der Waals surface area contributed by atoms with Crippen LogP contribution in [0.3, 0.4) is 0 Å². The molecule has 5 nitrogen and oxygen atoms in total. The minimum absolute atomic E-state index is 0.0188. The molecule has 1 N–H and O–H groups in total. The fourth-order valence-corrected chi connectivity index (χ4v) is 4.25. The van der Waals surface area contributed by atoms with Gasteiger partial charge in [-0.3, -0.25) is 4.79 Å². The van der Waals surface area contributed by atoms with Crippen molar-refractivity contribution in [2.75, 3.05) is 5.32 Å². The lowest BCUT2D eigenvalue weighted by molar-refractivity contribution is -0.116. The maximum Gasteiger partial charge on any atom is 0.224 e. The molecule has 0 fully saturated rings. The summed E-state index contributed by atoms with van der Waals surface area (Å²) in [5.74, 6) is 0.772. The van der Waals surface area contributed by atoms with Crippen molar-refractivity contribution in [3.05, 3.63) is 83.9 Å². The second kappa shape index (κ2) is 10.3. The molecule has 172 valence electrons. The first kappa shape index (κ1) is 23.1. The highest BCUT2D eigenvalue weighted by molar-refractivity contribution is 5.96. The lowest BCUT2D eigenvalue weighted by Gasteiger charge is -2.12. The predicted octanol–water partition coefficient (Wildman–Crippen LogP) is 6.56. The zero-order valence-corrected chi connectivity index (χ0v) is 19.8. The summed E-state index contributed by atoms with van der Waals surface area (Å²) in [7, 11) is 0. The van der Waals surface area contributed by atoms with E-state index in [2.05, 4.69) is 22.9 Å². The molecule has 0 aliphatic heterocycles. The van der Waals surface area contributed by atoms with Crippen LogP contribution in [0.2, 0.25) is 0 Å². The molecule has 1 amide bonds. The fraction of sp³-hybridized carbons (Fsp3) is 0.241. The highest BCUT2D eigenvalue weighted by Gasteiger charge is 2.19. The summed E-state index contributed by atoms with van der Waals surface area (Å²) in [6.45, 7) is 6.78. The molecule has 3 aromatic carbocycles. The van der Waals surface area contributed by atoms with Crippen molar-refractivity contribution in [2.24, 2.45) is 0 Å². The minimum Gasteiger partial charge on any atom is -0.491 e. The summed E-state index contributed by atoms with van der Waals surface area (Å²) in [4.78, 5) is 12.4. The molecule has 0 atom stereocenters. The Hall–Kier alpha value is -4.04. The maximum absolute atomic E-state index is 12.4. The van der Waals surface area contributed by atoms with E-state index < -0.39 is 0 Å². The Labute approximate surface area is 200 Å². The summed E-state index contributed by atoms with van der Waals surface area (Å²) in [5, 5.41) is 13.9. The van der Waals surface area contributed by atoms with Crippen LogP contribution in [0.5, 0.6) is 5.75 Å². The molecule has 0 unspecified atom stereocenters. The molecular weight excluding hydrogens is 422 g/mol. The zero-order valence-electron chi connectivity index (χ0n) is 19.8. The third-order valence-corrected chi connectivity index (χ3v) is 5.76. The molecule has 4 rings (SSSR count). The van der Waals surface area contributed by atoms with Crippen molar-refractivity contribution < 1.29 is 9.53 Å².